The van der Waals surface area contributed by atoms with Crippen molar-refractivity contribution in [2.75, 3.05) is 13.1 Å². The van der Waals surface area contributed by atoms with E-state index in [4.69, 9.17) is 0 Å². The van der Waals surface area contributed by atoms with Gasteiger partial charge in [0, 0.05) is 13.1 Å². The van der Waals surface area contributed by atoms with Crippen LogP contribution in [0.5, 0.6) is 0 Å². The monoisotopic (exact) mass is 711 g/mol. The van der Waals surface area contributed by atoms with E-state index < -0.39 is 53.1 Å². The van der Waals surface area contributed by atoms with E-state index in [1.54, 1.807) is 17.0 Å². The van der Waals surface area contributed by atoms with Crippen LogP contribution in [0.25, 0.3) is 0 Å². The van der Waals surface area contributed by atoms with E-state index in [0.29, 0.717) is 24.3 Å². The molecule has 0 bridgehead atoms. The van der Waals surface area contributed by atoms with Crippen molar-refractivity contribution in [3.8, 4) is 0 Å². The Labute approximate surface area is 301 Å². The van der Waals surface area contributed by atoms with Crippen molar-refractivity contribution in [2.24, 2.45) is 29.1 Å². The topological polar surface area (TPSA) is 154 Å². The number of carbonyl (C=O) groups is 6. The molecule has 11 nitrogen and oxygen atoms in total. The first-order chi connectivity index (χ1) is 23.7. The van der Waals surface area contributed by atoms with Crippen LogP contribution in [0.1, 0.15) is 108 Å². The molecule has 0 aromatic carbocycles. The molecule has 4 rings (SSSR count). The molecule has 2 saturated carbocycles. The predicted molar refractivity (Wildman–Crippen MR) is 194 cm³/mol. The maximum Gasteiger partial charge on any atom is 0.289 e. The molecular weight excluding hydrogens is 655 g/mol. The maximum absolute atomic E-state index is 14.6. The second kappa shape index (κ2) is 17.6. The number of ketones is 1. The fraction of sp³-hybridized carbons (Fsp3) is 0.684. The highest BCUT2D eigenvalue weighted by molar-refractivity contribution is 7.12. The Balaban J connectivity index is 1.57. The first kappa shape index (κ1) is 39.2. The van der Waals surface area contributed by atoms with Gasteiger partial charge in [-0.1, -0.05) is 85.3 Å². The first-order valence-electron chi connectivity index (χ1n) is 18.4. The lowest BCUT2D eigenvalue weighted by Gasteiger charge is -2.38. The predicted octanol–water partition coefficient (Wildman–Crippen LogP) is 4.38. The molecule has 1 aliphatic heterocycles. The average molecular weight is 712 g/mol. The third-order valence-electron chi connectivity index (χ3n) is 10.7. The summed E-state index contributed by atoms with van der Waals surface area (Å²) < 4.78 is 0. The number of likely N-dealkylation sites (tertiary alicyclic amines) is 1. The molecular formula is C38H57N5O6S. The Hall–Kier alpha value is -3.54. The van der Waals surface area contributed by atoms with Crippen LogP contribution >= 0.6 is 11.3 Å². The fourth-order valence-electron chi connectivity index (χ4n) is 7.59. The van der Waals surface area contributed by atoms with Crippen molar-refractivity contribution < 1.29 is 28.8 Å². The Bertz CT molecular complexity index is 1380. The Morgan fingerprint density at radius 3 is 2.22 bits per heavy atom. The number of rotatable bonds is 15. The number of nitrogens with zero attached hydrogens (tertiary/aromatic N) is 1. The zero-order valence-electron chi connectivity index (χ0n) is 30.4. The normalized spacial score (nSPS) is 21.8. The third kappa shape index (κ3) is 9.82. The van der Waals surface area contributed by atoms with E-state index in [1.165, 1.54) is 17.4 Å². The lowest BCUT2D eigenvalue weighted by atomic mass is 9.80. The number of hydrogen-bond acceptors (Lipinski definition) is 7. The van der Waals surface area contributed by atoms with E-state index in [-0.39, 0.29) is 42.0 Å². The molecule has 276 valence electrons. The lowest BCUT2D eigenvalue weighted by Crippen LogP contribution is -2.62. The molecule has 1 saturated heterocycles. The van der Waals surface area contributed by atoms with Crippen molar-refractivity contribution >= 4 is 46.7 Å². The number of hydrogen-bond donors (Lipinski definition) is 4. The summed E-state index contributed by atoms with van der Waals surface area (Å²) in [6.07, 6.45) is 9.93. The molecule has 12 heteroatoms. The molecule has 4 N–H and O–H groups in total. The van der Waals surface area contributed by atoms with Crippen LogP contribution in [-0.4, -0.2) is 77.5 Å². The second-order valence-electron chi connectivity index (χ2n) is 15.8. The summed E-state index contributed by atoms with van der Waals surface area (Å²) in [5.41, 5.74) is -0.732. The van der Waals surface area contributed by atoms with Crippen LogP contribution in [0.4, 0.5) is 0 Å². The second-order valence-corrected chi connectivity index (χ2v) is 16.7. The zero-order chi connectivity index (χ0) is 36.6. The summed E-state index contributed by atoms with van der Waals surface area (Å²) >= 11 is 1.31. The standard InChI is InChI=1S/C38H57N5O6S/c1-7-19-39-36(48)31(44)27(22-24-13-11-14-24)40-35(47)30-26(23(2)3)18-20-43(30)37(49)32(38(4,5)6)42-34(46)29(25-15-9-8-10-16-25)41-33(45)28-17-12-21-50-28/h7,12,17,21,23-27,29-30,32H,1,8-11,13-16,18-20,22H2,2-6H3,(H,39,48)(H,40,47)(H,41,45)(H,42,46)/t26-,27?,29+,30+,32-/m1/s1. The van der Waals surface area contributed by atoms with Crippen LogP contribution < -0.4 is 21.3 Å². The van der Waals surface area contributed by atoms with Gasteiger partial charge in [0.15, 0.2) is 0 Å². The highest BCUT2D eigenvalue weighted by Crippen LogP contribution is 2.35. The van der Waals surface area contributed by atoms with Crippen LogP contribution in [0.2, 0.25) is 0 Å². The largest absolute Gasteiger partial charge is 0.346 e. The van der Waals surface area contributed by atoms with Gasteiger partial charge in [-0.15, -0.1) is 17.9 Å². The van der Waals surface area contributed by atoms with Crippen LogP contribution in [-0.2, 0) is 24.0 Å². The van der Waals surface area contributed by atoms with Gasteiger partial charge in [-0.3, -0.25) is 28.8 Å². The molecule has 1 aromatic heterocycles. The van der Waals surface area contributed by atoms with Gasteiger partial charge in [0.25, 0.3) is 11.8 Å². The summed E-state index contributed by atoms with van der Waals surface area (Å²) in [5, 5.41) is 13.3. The average Bonchev–Trinajstić information content (AvgIpc) is 3.76. The summed E-state index contributed by atoms with van der Waals surface area (Å²) in [4.78, 5) is 84.2. The van der Waals surface area contributed by atoms with Gasteiger partial charge in [-0.25, -0.2) is 0 Å². The summed E-state index contributed by atoms with van der Waals surface area (Å²) in [7, 11) is 0. The number of Topliss-reactive ketones (excluding diaryl/α,β-unsaturated/α-hetero) is 1. The van der Waals surface area contributed by atoms with Crippen molar-refractivity contribution in [3.05, 3.63) is 35.0 Å². The molecule has 1 unspecified atom stereocenters. The maximum atomic E-state index is 14.6. The third-order valence-corrected chi connectivity index (χ3v) is 11.6. The molecule has 0 spiro atoms. The van der Waals surface area contributed by atoms with E-state index in [9.17, 15) is 28.8 Å². The van der Waals surface area contributed by atoms with Crippen LogP contribution in [0.3, 0.4) is 0 Å². The Kier molecular flexibility index (Phi) is 13.8. The Morgan fingerprint density at radius 1 is 0.960 bits per heavy atom. The van der Waals surface area contributed by atoms with Crippen molar-refractivity contribution in [2.45, 2.75) is 123 Å². The molecule has 5 atom stereocenters. The minimum atomic E-state index is -1.01. The van der Waals surface area contributed by atoms with Crippen molar-refractivity contribution in [1.29, 1.82) is 0 Å². The minimum absolute atomic E-state index is 0.0473. The molecule has 2 heterocycles. The smallest absolute Gasteiger partial charge is 0.289 e. The first-order valence-corrected chi connectivity index (χ1v) is 19.3. The fourth-order valence-corrected chi connectivity index (χ4v) is 8.22. The molecule has 50 heavy (non-hydrogen) atoms. The SMILES string of the molecule is C=CCNC(=O)C(=O)C(CC1CCC1)NC(=O)[C@@H]1[C@@H](C(C)C)CCN1C(=O)[C@@H](NC(=O)[C@@H](NC(=O)c1cccs1)C1CCCCC1)C(C)(C)C. The van der Waals surface area contributed by atoms with Crippen molar-refractivity contribution in [1.82, 2.24) is 26.2 Å². The highest BCUT2D eigenvalue weighted by atomic mass is 32.1. The number of nitrogens with one attached hydrogen (secondary N) is 4. The molecule has 0 radical (unpaired) electrons. The van der Waals surface area contributed by atoms with Gasteiger partial charge in [-0.2, -0.15) is 0 Å². The quantitative estimate of drug-likeness (QED) is 0.157. The molecule has 3 aliphatic rings. The number of amides is 5. The molecule has 1 aromatic rings. The van der Waals surface area contributed by atoms with Crippen LogP contribution in [0.15, 0.2) is 30.2 Å². The lowest BCUT2D eigenvalue weighted by molar-refractivity contribution is -0.146. The number of carbonyl (C=O) groups excluding carboxylic acids is 6. The van der Waals surface area contributed by atoms with E-state index in [2.05, 4.69) is 27.8 Å². The van der Waals surface area contributed by atoms with E-state index in [1.807, 2.05) is 40.0 Å². The molecule has 2 aliphatic carbocycles. The van der Waals surface area contributed by atoms with E-state index >= 15 is 0 Å². The summed E-state index contributed by atoms with van der Waals surface area (Å²) in [5.74, 6) is -3.03. The molecule has 5 amide bonds. The summed E-state index contributed by atoms with van der Waals surface area (Å²) in [6.45, 7) is 13.7. The number of thiophene rings is 1. The minimum Gasteiger partial charge on any atom is -0.346 e. The van der Waals surface area contributed by atoms with Gasteiger partial charge >= 0.3 is 0 Å². The van der Waals surface area contributed by atoms with Gasteiger partial charge in [0.2, 0.25) is 23.5 Å². The van der Waals surface area contributed by atoms with Gasteiger partial charge < -0.3 is 26.2 Å². The van der Waals surface area contributed by atoms with Gasteiger partial charge in [0.1, 0.15) is 18.1 Å². The Morgan fingerprint density at radius 2 is 1.66 bits per heavy atom. The summed E-state index contributed by atoms with van der Waals surface area (Å²) in [6, 6.07) is -0.181. The van der Waals surface area contributed by atoms with Gasteiger partial charge in [0.05, 0.1) is 10.9 Å². The highest BCUT2D eigenvalue weighted by Gasteiger charge is 2.48. The zero-order valence-corrected chi connectivity index (χ0v) is 31.2. The van der Waals surface area contributed by atoms with Gasteiger partial charge in [-0.05, 0) is 66.2 Å². The molecule has 3 fully saturated rings. The van der Waals surface area contributed by atoms with Crippen molar-refractivity contribution in [3.63, 3.8) is 0 Å². The van der Waals surface area contributed by atoms with E-state index in [0.717, 1.165) is 51.4 Å². The van der Waals surface area contributed by atoms with Crippen LogP contribution in [0, 0.1) is 29.1 Å².